The number of aromatic amines is 2. The van der Waals surface area contributed by atoms with Gasteiger partial charge in [0.05, 0.1) is 67.3 Å². The van der Waals surface area contributed by atoms with Crippen LogP contribution < -0.4 is 0 Å². The molecular formula is C36H22N4O4S4. The van der Waals surface area contributed by atoms with E-state index in [0.29, 0.717) is 42.2 Å². The lowest BCUT2D eigenvalue weighted by molar-refractivity contribution is 0.221. The van der Waals surface area contributed by atoms with E-state index in [1.165, 1.54) is 0 Å². The Bertz CT molecular complexity index is 2060. The molecule has 0 fully saturated rings. The van der Waals surface area contributed by atoms with Gasteiger partial charge in [-0.05, 0) is 72.9 Å². The van der Waals surface area contributed by atoms with Gasteiger partial charge in [0.1, 0.15) is 0 Å². The molecule has 6 aliphatic rings. The van der Waals surface area contributed by atoms with E-state index in [1.54, 1.807) is 49.4 Å². The lowest BCUT2D eigenvalue weighted by Gasteiger charge is -2.15. The number of ether oxygens (including phenoxy) is 4. The van der Waals surface area contributed by atoms with Crippen molar-refractivity contribution in [3.63, 3.8) is 0 Å². The predicted octanol–water partition coefficient (Wildman–Crippen LogP) is 8.48. The second-order valence-corrected chi connectivity index (χ2v) is 13.4. The van der Waals surface area contributed by atoms with Crippen molar-refractivity contribution in [2.24, 2.45) is 0 Å². The fourth-order valence-electron chi connectivity index (χ4n) is 6.60. The van der Waals surface area contributed by atoms with Crippen LogP contribution in [0.5, 0.6) is 0 Å². The fourth-order valence-corrected chi connectivity index (χ4v) is 7.51. The first-order chi connectivity index (χ1) is 23.4. The molecule has 234 valence electrons. The molecule has 2 N–H and O–H groups in total. The fraction of sp³-hybridized carbons (Fsp3) is 0.111. The van der Waals surface area contributed by atoms with Crippen LogP contribution in [0.1, 0.15) is 69.4 Å². The van der Waals surface area contributed by atoms with Crippen molar-refractivity contribution in [2.75, 3.05) is 0 Å². The maximum absolute atomic E-state index is 6.05. The van der Waals surface area contributed by atoms with E-state index in [2.05, 4.69) is 9.97 Å². The number of hydrogen-bond acceptors (Lipinski definition) is 10. The zero-order valence-electron chi connectivity index (χ0n) is 24.7. The first kappa shape index (κ1) is 29.3. The highest BCUT2D eigenvalue weighted by Crippen LogP contribution is 2.39. The van der Waals surface area contributed by atoms with Gasteiger partial charge in [0.15, 0.2) is 24.4 Å². The molecule has 48 heavy (non-hydrogen) atoms. The molecule has 0 amide bonds. The third kappa shape index (κ3) is 4.66. The largest absolute Gasteiger partial charge is 0.488 e. The van der Waals surface area contributed by atoms with Gasteiger partial charge in [0.25, 0.3) is 0 Å². The van der Waals surface area contributed by atoms with Gasteiger partial charge in [-0.2, -0.15) is 0 Å². The molecule has 0 aromatic carbocycles. The first-order valence-corrected chi connectivity index (χ1v) is 16.7. The highest BCUT2D eigenvalue weighted by atomic mass is 32.1. The molecule has 8 nitrogen and oxygen atoms in total. The molecular weight excluding hydrogens is 681 g/mol. The number of hydrogen-bond donors (Lipinski definition) is 2. The van der Waals surface area contributed by atoms with Gasteiger partial charge < -0.3 is 28.9 Å². The number of thiocarbonyl (C=S) groups is 4. The van der Waals surface area contributed by atoms with Gasteiger partial charge in [0.2, 0.25) is 0 Å². The Morgan fingerprint density at radius 3 is 0.854 bits per heavy atom. The van der Waals surface area contributed by atoms with Crippen LogP contribution >= 0.6 is 48.9 Å². The van der Waals surface area contributed by atoms with Gasteiger partial charge in [0, 0.05) is 44.3 Å². The molecule has 0 radical (unpaired) electrons. The number of H-pyrrole nitrogens is 2. The molecule has 0 spiro atoms. The molecule has 8 bridgehead atoms. The summed E-state index contributed by atoms with van der Waals surface area (Å²) in [5.74, 6) is 0. The van der Waals surface area contributed by atoms with Crippen molar-refractivity contribution >= 4 is 115 Å². The Hall–Kier alpha value is -4.88. The van der Waals surface area contributed by atoms with Gasteiger partial charge in [-0.1, -0.05) is 48.9 Å². The highest BCUT2D eigenvalue weighted by molar-refractivity contribution is 7.81. The summed E-state index contributed by atoms with van der Waals surface area (Å²) in [7, 11) is 0. The first-order valence-electron chi connectivity index (χ1n) is 15.0. The summed E-state index contributed by atoms with van der Waals surface area (Å²) >= 11 is 23.0. The number of rotatable bonds is 4. The van der Waals surface area contributed by atoms with Crippen molar-refractivity contribution < 1.29 is 18.9 Å². The standard InChI is InChI=1S/C36H22N4O4S4/c45-25-9-13-41-33(25)29-17-1-2-18(37-17)30(34-26(46)10-14-42-34)20-5-6-22(39-20)32(36-28(48)12-16-44-36)24-8-7-23(40-24)31(21-4-3-19(29)38-21)35-27(47)11-15-43-35/h1-16,33-37,40H. The topological polar surface area (TPSA) is 94.3 Å². The summed E-state index contributed by atoms with van der Waals surface area (Å²) < 4.78 is 24.2. The van der Waals surface area contributed by atoms with Crippen LogP contribution in [0.2, 0.25) is 0 Å². The third-order valence-corrected chi connectivity index (χ3v) is 10.2. The minimum atomic E-state index is -0.530. The van der Waals surface area contributed by atoms with Crippen molar-refractivity contribution in [1.29, 1.82) is 0 Å². The van der Waals surface area contributed by atoms with Crippen LogP contribution in [-0.2, 0) is 18.9 Å². The molecule has 0 saturated heterocycles. The van der Waals surface area contributed by atoms with Crippen LogP contribution in [-0.4, -0.2) is 39.4 Å². The average molecular weight is 703 g/mol. The molecule has 9 rings (SSSR count). The summed E-state index contributed by atoms with van der Waals surface area (Å²) in [5.41, 5.74) is 9.01. The van der Waals surface area contributed by atoms with Crippen molar-refractivity contribution in [3.8, 4) is 0 Å². The van der Waals surface area contributed by atoms with Crippen LogP contribution in [0.3, 0.4) is 0 Å². The Morgan fingerprint density at radius 1 is 0.396 bits per heavy atom. The van der Waals surface area contributed by atoms with Crippen molar-refractivity contribution in [3.05, 3.63) is 119 Å². The molecule has 3 aromatic heterocycles. The predicted molar refractivity (Wildman–Crippen MR) is 201 cm³/mol. The minimum Gasteiger partial charge on any atom is -0.488 e. The van der Waals surface area contributed by atoms with Gasteiger partial charge in [-0.25, -0.2) is 9.97 Å². The van der Waals surface area contributed by atoms with Crippen molar-refractivity contribution in [1.82, 2.24) is 19.9 Å². The number of nitrogens with one attached hydrogen (secondary N) is 2. The summed E-state index contributed by atoms with van der Waals surface area (Å²) in [6, 6.07) is 7.97. The molecule has 4 atom stereocenters. The van der Waals surface area contributed by atoms with E-state index in [0.717, 1.165) is 44.3 Å². The second-order valence-electron chi connectivity index (χ2n) is 11.5. The lowest BCUT2D eigenvalue weighted by atomic mass is 10.0. The summed E-state index contributed by atoms with van der Waals surface area (Å²) in [4.78, 5) is 20.1. The van der Waals surface area contributed by atoms with E-state index in [1.807, 2.05) is 48.6 Å². The maximum Gasteiger partial charge on any atom is 0.162 e. The minimum absolute atomic E-state index is 0.530. The van der Waals surface area contributed by atoms with E-state index in [-0.39, 0.29) is 0 Å². The van der Waals surface area contributed by atoms with E-state index < -0.39 is 24.4 Å². The normalized spacial score (nSPS) is 23.3. The Labute approximate surface area is 295 Å². The smallest absolute Gasteiger partial charge is 0.162 e. The molecule has 9 heterocycles. The second kappa shape index (κ2) is 11.4. The zero-order chi connectivity index (χ0) is 32.5. The van der Waals surface area contributed by atoms with Crippen LogP contribution in [0, 0.1) is 0 Å². The number of nitrogens with zero attached hydrogens (tertiary/aromatic N) is 2. The molecule has 12 heteroatoms. The SMILES string of the molecule is S=C1C=COC1c1c2nc(c(C3OC=CC3=S)c3ccc([nH]3)c(C3OC=CC3=S)c3nc(c(C4OC=CC4=S)c4ccc1[nH]4)C=C3)C=C2. The monoisotopic (exact) mass is 702 g/mol. The highest BCUT2D eigenvalue weighted by Gasteiger charge is 2.32. The van der Waals surface area contributed by atoms with E-state index >= 15 is 0 Å². The van der Waals surface area contributed by atoms with Crippen LogP contribution in [0.4, 0.5) is 0 Å². The average Bonchev–Trinajstić information content (AvgIpc) is 3.91. The quantitative estimate of drug-likeness (QED) is 0.178. The zero-order valence-corrected chi connectivity index (χ0v) is 28.0. The Kier molecular flexibility index (Phi) is 6.94. The Morgan fingerprint density at radius 2 is 0.646 bits per heavy atom. The number of fused-ring (bicyclic) bond motifs is 8. The summed E-state index contributed by atoms with van der Waals surface area (Å²) in [6.07, 6.45) is 19.4. The molecule has 6 aliphatic heterocycles. The molecule has 0 aliphatic carbocycles. The van der Waals surface area contributed by atoms with Gasteiger partial charge >= 0.3 is 0 Å². The summed E-state index contributed by atoms with van der Waals surface area (Å²) in [6.45, 7) is 0. The molecule has 4 unspecified atom stereocenters. The molecule has 3 aromatic rings. The lowest BCUT2D eigenvalue weighted by Crippen LogP contribution is -2.09. The van der Waals surface area contributed by atoms with Crippen molar-refractivity contribution in [2.45, 2.75) is 24.4 Å². The van der Waals surface area contributed by atoms with Gasteiger partial charge in [-0.3, -0.25) is 0 Å². The van der Waals surface area contributed by atoms with E-state index in [4.69, 9.17) is 77.8 Å². The number of aromatic nitrogens is 4. The summed E-state index contributed by atoms with van der Waals surface area (Å²) in [5, 5.41) is 0. The maximum atomic E-state index is 6.05. The Balaban J connectivity index is 1.43. The van der Waals surface area contributed by atoms with E-state index in [9.17, 15) is 0 Å². The van der Waals surface area contributed by atoms with Crippen LogP contribution in [0.15, 0.2) is 73.6 Å². The molecule has 0 saturated carbocycles. The van der Waals surface area contributed by atoms with Crippen LogP contribution in [0.25, 0.3) is 46.4 Å². The third-order valence-electron chi connectivity index (χ3n) is 8.79. The van der Waals surface area contributed by atoms with Gasteiger partial charge in [-0.15, -0.1) is 0 Å².